The van der Waals surface area contributed by atoms with E-state index >= 15 is 0 Å². The van der Waals surface area contributed by atoms with Crippen molar-refractivity contribution in [3.05, 3.63) is 23.5 Å². The topological polar surface area (TPSA) is 9.23 Å². The lowest BCUT2D eigenvalue weighted by molar-refractivity contribution is 0.164. The summed E-state index contributed by atoms with van der Waals surface area (Å²) in [5.74, 6) is 1.27. The van der Waals surface area contributed by atoms with Crippen LogP contribution >= 0.6 is 0 Å². The number of hydrogen-bond donors (Lipinski definition) is 0. The standard InChI is InChI=1S/C13H20O/c1-3-13(2)8-9-14-12-7-5-4-6-11(12)10-13/h4,6H,3,5,7-10H2,1-2H3. The molecule has 1 heteroatoms. The molecule has 78 valence electrons. The molecular weight excluding hydrogens is 172 g/mol. The summed E-state index contributed by atoms with van der Waals surface area (Å²) in [4.78, 5) is 0. The average Bonchev–Trinajstić information content (AvgIpc) is 2.37. The first-order valence-corrected chi connectivity index (χ1v) is 5.75. The van der Waals surface area contributed by atoms with Gasteiger partial charge in [0.2, 0.25) is 0 Å². The van der Waals surface area contributed by atoms with Crippen LogP contribution in [0.25, 0.3) is 0 Å². The highest BCUT2D eigenvalue weighted by Crippen LogP contribution is 2.39. The molecule has 0 saturated heterocycles. The second kappa shape index (κ2) is 3.80. The van der Waals surface area contributed by atoms with Crippen LogP contribution in [-0.2, 0) is 4.74 Å². The summed E-state index contributed by atoms with van der Waals surface area (Å²) in [5, 5.41) is 0. The fourth-order valence-electron chi connectivity index (χ4n) is 2.29. The molecule has 0 spiro atoms. The van der Waals surface area contributed by atoms with Gasteiger partial charge in [-0.2, -0.15) is 0 Å². The van der Waals surface area contributed by atoms with Crippen LogP contribution in [0.4, 0.5) is 0 Å². The molecule has 0 aromatic carbocycles. The van der Waals surface area contributed by atoms with E-state index < -0.39 is 0 Å². The summed E-state index contributed by atoms with van der Waals surface area (Å²) >= 11 is 0. The van der Waals surface area contributed by atoms with E-state index in [0.717, 1.165) is 19.4 Å². The van der Waals surface area contributed by atoms with E-state index in [2.05, 4.69) is 26.0 Å². The zero-order chi connectivity index (χ0) is 10.0. The van der Waals surface area contributed by atoms with Gasteiger partial charge in [0.1, 0.15) is 0 Å². The first kappa shape index (κ1) is 9.82. The van der Waals surface area contributed by atoms with Gasteiger partial charge in [-0.25, -0.2) is 0 Å². The molecule has 0 bridgehead atoms. The molecule has 0 saturated carbocycles. The molecule has 14 heavy (non-hydrogen) atoms. The Labute approximate surface area is 86.8 Å². The highest BCUT2D eigenvalue weighted by atomic mass is 16.5. The van der Waals surface area contributed by atoms with Crippen molar-refractivity contribution >= 4 is 0 Å². The van der Waals surface area contributed by atoms with Crippen LogP contribution in [0, 0.1) is 5.41 Å². The summed E-state index contributed by atoms with van der Waals surface area (Å²) in [6, 6.07) is 0. The number of hydrogen-bond acceptors (Lipinski definition) is 1. The van der Waals surface area contributed by atoms with Crippen molar-refractivity contribution in [1.82, 2.24) is 0 Å². The Morgan fingerprint density at radius 1 is 1.50 bits per heavy atom. The third kappa shape index (κ3) is 1.87. The van der Waals surface area contributed by atoms with Gasteiger partial charge in [-0.05, 0) is 30.3 Å². The zero-order valence-electron chi connectivity index (χ0n) is 9.31. The quantitative estimate of drug-likeness (QED) is 0.613. The van der Waals surface area contributed by atoms with Gasteiger partial charge in [0.05, 0.1) is 12.4 Å². The van der Waals surface area contributed by atoms with Crippen LogP contribution in [0.3, 0.4) is 0 Å². The van der Waals surface area contributed by atoms with Crippen molar-refractivity contribution in [1.29, 1.82) is 0 Å². The fraction of sp³-hybridized carbons (Fsp3) is 0.692. The largest absolute Gasteiger partial charge is 0.498 e. The minimum atomic E-state index is 0.457. The fourth-order valence-corrected chi connectivity index (χ4v) is 2.29. The molecule has 1 unspecified atom stereocenters. The van der Waals surface area contributed by atoms with Crippen LogP contribution < -0.4 is 0 Å². The summed E-state index contributed by atoms with van der Waals surface area (Å²) in [6.45, 7) is 5.59. The van der Waals surface area contributed by atoms with Crippen LogP contribution in [0.15, 0.2) is 23.5 Å². The number of rotatable bonds is 1. The van der Waals surface area contributed by atoms with E-state index in [1.54, 1.807) is 0 Å². The summed E-state index contributed by atoms with van der Waals surface area (Å²) in [7, 11) is 0. The molecule has 1 atom stereocenters. The molecule has 0 aromatic rings. The van der Waals surface area contributed by atoms with E-state index in [-0.39, 0.29) is 0 Å². The molecular formula is C13H20O. The Morgan fingerprint density at radius 2 is 2.36 bits per heavy atom. The molecule has 2 aliphatic rings. The van der Waals surface area contributed by atoms with Gasteiger partial charge < -0.3 is 4.74 Å². The molecule has 1 aliphatic heterocycles. The monoisotopic (exact) mass is 192 g/mol. The first-order valence-electron chi connectivity index (χ1n) is 5.75. The minimum Gasteiger partial charge on any atom is -0.498 e. The average molecular weight is 192 g/mol. The SMILES string of the molecule is CCC1(C)CCOC2=C(C=CCC2)C1. The van der Waals surface area contributed by atoms with Crippen LogP contribution in [-0.4, -0.2) is 6.61 Å². The normalized spacial score (nSPS) is 32.1. The molecule has 1 aliphatic carbocycles. The zero-order valence-corrected chi connectivity index (χ0v) is 9.31. The summed E-state index contributed by atoms with van der Waals surface area (Å²) in [5.41, 5.74) is 1.91. The van der Waals surface area contributed by atoms with E-state index in [0.29, 0.717) is 5.41 Å². The molecule has 0 fully saturated rings. The summed E-state index contributed by atoms with van der Waals surface area (Å²) in [6.07, 6.45) is 10.5. The Kier molecular flexibility index (Phi) is 2.66. The second-order valence-corrected chi connectivity index (χ2v) is 4.83. The first-order chi connectivity index (χ1) is 6.73. The lowest BCUT2D eigenvalue weighted by atomic mass is 9.78. The van der Waals surface area contributed by atoms with Crippen molar-refractivity contribution in [3.8, 4) is 0 Å². The summed E-state index contributed by atoms with van der Waals surface area (Å²) < 4.78 is 5.83. The maximum Gasteiger partial charge on any atom is 0.0994 e. The molecule has 0 amide bonds. The lowest BCUT2D eigenvalue weighted by Gasteiger charge is -2.26. The van der Waals surface area contributed by atoms with E-state index in [1.807, 2.05) is 0 Å². The van der Waals surface area contributed by atoms with Crippen LogP contribution in [0.5, 0.6) is 0 Å². The van der Waals surface area contributed by atoms with Gasteiger partial charge in [0.15, 0.2) is 0 Å². The van der Waals surface area contributed by atoms with Gasteiger partial charge in [-0.3, -0.25) is 0 Å². The molecule has 0 aromatic heterocycles. The van der Waals surface area contributed by atoms with Gasteiger partial charge in [-0.15, -0.1) is 0 Å². The Bertz CT molecular complexity index is 275. The second-order valence-electron chi connectivity index (χ2n) is 4.83. The van der Waals surface area contributed by atoms with E-state index in [4.69, 9.17) is 4.74 Å². The smallest absolute Gasteiger partial charge is 0.0994 e. The minimum absolute atomic E-state index is 0.457. The van der Waals surface area contributed by atoms with Crippen molar-refractivity contribution in [2.24, 2.45) is 5.41 Å². The molecule has 0 N–H and O–H groups in total. The van der Waals surface area contributed by atoms with Crippen LogP contribution in [0.2, 0.25) is 0 Å². The molecule has 1 nitrogen and oxygen atoms in total. The van der Waals surface area contributed by atoms with Gasteiger partial charge >= 0.3 is 0 Å². The van der Waals surface area contributed by atoms with Crippen molar-refractivity contribution in [2.75, 3.05) is 6.61 Å². The van der Waals surface area contributed by atoms with E-state index in [1.165, 1.54) is 30.6 Å². The Morgan fingerprint density at radius 3 is 3.14 bits per heavy atom. The molecule has 2 rings (SSSR count). The maximum atomic E-state index is 5.83. The van der Waals surface area contributed by atoms with Crippen molar-refractivity contribution < 1.29 is 4.74 Å². The molecule has 1 heterocycles. The van der Waals surface area contributed by atoms with Crippen LogP contribution in [0.1, 0.15) is 46.0 Å². The predicted molar refractivity (Wildman–Crippen MR) is 59.0 cm³/mol. The van der Waals surface area contributed by atoms with Crippen molar-refractivity contribution in [3.63, 3.8) is 0 Å². The predicted octanol–water partition coefficient (Wildman–Crippen LogP) is 3.82. The maximum absolute atomic E-state index is 5.83. The van der Waals surface area contributed by atoms with Gasteiger partial charge in [0, 0.05) is 6.42 Å². The highest BCUT2D eigenvalue weighted by Gasteiger charge is 2.28. The lowest BCUT2D eigenvalue weighted by Crippen LogP contribution is -2.16. The third-order valence-corrected chi connectivity index (χ3v) is 3.67. The van der Waals surface area contributed by atoms with Gasteiger partial charge in [-0.1, -0.05) is 32.4 Å². The van der Waals surface area contributed by atoms with Crippen molar-refractivity contribution in [2.45, 2.75) is 46.0 Å². The third-order valence-electron chi connectivity index (χ3n) is 3.67. The Balaban J connectivity index is 2.21. The van der Waals surface area contributed by atoms with E-state index in [9.17, 15) is 0 Å². The number of ether oxygens (including phenoxy) is 1. The Hall–Kier alpha value is -0.720. The number of allylic oxidation sites excluding steroid dienone is 4. The molecule has 0 radical (unpaired) electrons. The highest BCUT2D eigenvalue weighted by molar-refractivity contribution is 5.28. The van der Waals surface area contributed by atoms with Gasteiger partial charge in [0.25, 0.3) is 0 Å².